The van der Waals surface area contributed by atoms with Crippen LogP contribution in [-0.2, 0) is 10.5 Å². The lowest BCUT2D eigenvalue weighted by atomic mass is 10.2. The molecule has 6 rings (SSSR count). The maximum atomic E-state index is 13.0. The summed E-state index contributed by atoms with van der Waals surface area (Å²) in [6.45, 7) is 0. The summed E-state index contributed by atoms with van der Waals surface area (Å²) in [5, 5.41) is 24.1. The molecule has 2 aromatic heterocycles. The Balaban J connectivity index is 1.13. The van der Waals surface area contributed by atoms with Gasteiger partial charge in [0.1, 0.15) is 0 Å². The minimum atomic E-state index is -0.411. The molecule has 0 atom stereocenters. The number of benzene rings is 4. The molecule has 0 saturated heterocycles. The first-order valence-electron chi connectivity index (χ1n) is 13.0. The number of nitro groups is 1. The average molecular weight is 680 g/mol. The van der Waals surface area contributed by atoms with Crippen molar-refractivity contribution in [3.8, 4) is 17.1 Å². The first-order valence-corrected chi connectivity index (χ1v) is 16.5. The number of hydrogen-bond donors (Lipinski definition) is 1. The number of non-ortho nitro benzene ring substituents is 1. The van der Waals surface area contributed by atoms with E-state index in [1.807, 2.05) is 53.1 Å². The molecule has 9 nitrogen and oxygen atoms in total. The largest absolute Gasteiger partial charge is 0.325 e. The SMILES string of the molecule is O=C(CSc1nnc(-c2ccc(Cl)cc2Cl)n1-c1ccccc1)Nc1ccc2nc(SCc3ccc([N+](=O)[O-])cc3)sc2c1. The van der Waals surface area contributed by atoms with Crippen LogP contribution in [0.1, 0.15) is 5.56 Å². The lowest BCUT2D eigenvalue weighted by molar-refractivity contribution is -0.384. The van der Waals surface area contributed by atoms with Crippen LogP contribution in [0.15, 0.2) is 100 Å². The van der Waals surface area contributed by atoms with Gasteiger partial charge >= 0.3 is 0 Å². The summed E-state index contributed by atoms with van der Waals surface area (Å²) in [4.78, 5) is 28.1. The minimum Gasteiger partial charge on any atom is -0.325 e. The molecule has 0 spiro atoms. The Morgan fingerprint density at radius 2 is 1.75 bits per heavy atom. The summed E-state index contributed by atoms with van der Waals surface area (Å²) in [6.07, 6.45) is 0. The van der Waals surface area contributed by atoms with Gasteiger partial charge in [-0.1, -0.05) is 77.1 Å². The topological polar surface area (TPSA) is 116 Å². The van der Waals surface area contributed by atoms with Crippen LogP contribution < -0.4 is 5.32 Å². The van der Waals surface area contributed by atoms with E-state index in [0.717, 1.165) is 25.8 Å². The van der Waals surface area contributed by atoms with Crippen LogP contribution in [-0.4, -0.2) is 36.3 Å². The highest BCUT2D eigenvalue weighted by atomic mass is 35.5. The van der Waals surface area contributed by atoms with Crippen molar-refractivity contribution < 1.29 is 9.72 Å². The van der Waals surface area contributed by atoms with Crippen LogP contribution in [0, 0.1) is 10.1 Å². The number of anilines is 1. The number of amides is 1. The van der Waals surface area contributed by atoms with Crippen molar-refractivity contribution in [2.75, 3.05) is 11.1 Å². The third kappa shape index (κ3) is 6.90. The van der Waals surface area contributed by atoms with Crippen LogP contribution in [0.4, 0.5) is 11.4 Å². The molecule has 2 heterocycles. The van der Waals surface area contributed by atoms with E-state index in [1.54, 1.807) is 42.1 Å². The fourth-order valence-electron chi connectivity index (χ4n) is 4.25. The van der Waals surface area contributed by atoms with E-state index in [2.05, 4.69) is 20.5 Å². The number of nitrogens with one attached hydrogen (secondary N) is 1. The van der Waals surface area contributed by atoms with Gasteiger partial charge in [0.25, 0.3) is 5.69 Å². The molecule has 0 aliphatic rings. The van der Waals surface area contributed by atoms with Crippen LogP contribution in [0.2, 0.25) is 10.0 Å². The van der Waals surface area contributed by atoms with Gasteiger partial charge in [-0.25, -0.2) is 4.98 Å². The van der Waals surface area contributed by atoms with Gasteiger partial charge in [0.15, 0.2) is 15.3 Å². The van der Waals surface area contributed by atoms with E-state index >= 15 is 0 Å². The van der Waals surface area contributed by atoms with Crippen molar-refractivity contribution >= 4 is 85.6 Å². The molecule has 0 radical (unpaired) electrons. The molecule has 0 fully saturated rings. The molecule has 6 aromatic rings. The number of thioether (sulfide) groups is 2. The Morgan fingerprint density at radius 1 is 0.955 bits per heavy atom. The second-order valence-electron chi connectivity index (χ2n) is 9.31. The van der Waals surface area contributed by atoms with Gasteiger partial charge in [0.2, 0.25) is 5.91 Å². The number of para-hydroxylation sites is 1. The van der Waals surface area contributed by atoms with E-state index in [-0.39, 0.29) is 17.3 Å². The molecular weight excluding hydrogens is 659 g/mol. The fourth-order valence-corrected chi connectivity index (χ4v) is 7.56. The van der Waals surface area contributed by atoms with Gasteiger partial charge in [-0.2, -0.15) is 0 Å². The minimum absolute atomic E-state index is 0.0670. The van der Waals surface area contributed by atoms with Crippen LogP contribution in [0.3, 0.4) is 0 Å². The van der Waals surface area contributed by atoms with Gasteiger partial charge < -0.3 is 5.32 Å². The summed E-state index contributed by atoms with van der Waals surface area (Å²) in [5.74, 6) is 1.09. The number of aromatic nitrogens is 4. The van der Waals surface area contributed by atoms with Gasteiger partial charge in [-0.15, -0.1) is 21.5 Å². The number of carbonyl (C=O) groups is 1. The monoisotopic (exact) mass is 678 g/mol. The van der Waals surface area contributed by atoms with Crippen molar-refractivity contribution in [1.29, 1.82) is 0 Å². The number of nitrogens with zero attached hydrogens (tertiary/aromatic N) is 5. The molecule has 0 unspecified atom stereocenters. The second-order valence-corrected chi connectivity index (χ2v) is 13.4. The van der Waals surface area contributed by atoms with E-state index in [0.29, 0.717) is 38.0 Å². The molecule has 1 N–H and O–H groups in total. The molecule has 0 bridgehead atoms. The second kappa shape index (κ2) is 13.4. The highest BCUT2D eigenvalue weighted by Gasteiger charge is 2.19. The van der Waals surface area contributed by atoms with Crippen molar-refractivity contribution in [1.82, 2.24) is 19.7 Å². The van der Waals surface area contributed by atoms with Gasteiger partial charge in [-0.05, 0) is 54.1 Å². The zero-order valence-corrected chi connectivity index (χ0v) is 26.5. The van der Waals surface area contributed by atoms with Crippen LogP contribution in [0.5, 0.6) is 0 Å². The molecule has 0 aliphatic heterocycles. The fraction of sp³-hybridized carbons (Fsp3) is 0.0667. The van der Waals surface area contributed by atoms with Crippen LogP contribution >= 0.6 is 58.1 Å². The quantitative estimate of drug-likeness (QED) is 0.0868. The normalized spacial score (nSPS) is 11.1. The summed E-state index contributed by atoms with van der Waals surface area (Å²) in [7, 11) is 0. The molecule has 220 valence electrons. The number of nitro benzene ring substituents is 1. The number of rotatable bonds is 10. The van der Waals surface area contributed by atoms with Gasteiger partial charge in [0.05, 0.1) is 25.9 Å². The smallest absolute Gasteiger partial charge is 0.269 e. The van der Waals surface area contributed by atoms with Crippen molar-refractivity contribution in [2.24, 2.45) is 0 Å². The zero-order chi connectivity index (χ0) is 30.6. The maximum absolute atomic E-state index is 13.0. The zero-order valence-electron chi connectivity index (χ0n) is 22.5. The number of thiazole rings is 1. The molecule has 14 heteroatoms. The lowest BCUT2D eigenvalue weighted by Gasteiger charge is -2.11. The van der Waals surface area contributed by atoms with Gasteiger partial charge in [0, 0.05) is 39.8 Å². The maximum Gasteiger partial charge on any atom is 0.269 e. The predicted octanol–water partition coefficient (Wildman–Crippen LogP) is 8.78. The van der Waals surface area contributed by atoms with Crippen molar-refractivity contribution in [3.05, 3.63) is 117 Å². The molecule has 0 aliphatic carbocycles. The first kappa shape index (κ1) is 30.1. The summed E-state index contributed by atoms with van der Waals surface area (Å²) < 4.78 is 3.68. The molecule has 1 amide bonds. The number of hydrogen-bond acceptors (Lipinski definition) is 9. The highest BCUT2D eigenvalue weighted by molar-refractivity contribution is 8.00. The number of halogens is 2. The van der Waals surface area contributed by atoms with Crippen LogP contribution in [0.25, 0.3) is 27.3 Å². The summed E-state index contributed by atoms with van der Waals surface area (Å²) >= 11 is 16.9. The Bertz CT molecular complexity index is 1980. The molecular formula is C30H20Cl2N6O3S3. The molecule has 44 heavy (non-hydrogen) atoms. The standard InChI is InChI=1S/C30H20Cl2N6O3S3/c31-19-8-12-23(24(32)14-19)28-35-36-29(37(28)21-4-2-1-3-5-21)42-17-27(39)33-20-9-13-25-26(15-20)44-30(34-25)43-16-18-6-10-22(11-7-18)38(40)41/h1-15H,16-17H2,(H,33,39). The van der Waals surface area contributed by atoms with Crippen molar-refractivity contribution in [2.45, 2.75) is 15.2 Å². The van der Waals surface area contributed by atoms with Gasteiger partial charge in [-0.3, -0.25) is 19.5 Å². The Morgan fingerprint density at radius 3 is 2.50 bits per heavy atom. The third-order valence-electron chi connectivity index (χ3n) is 6.31. The molecule has 0 saturated carbocycles. The Hall–Kier alpha value is -3.94. The third-order valence-corrected chi connectivity index (χ3v) is 10.0. The first-order chi connectivity index (χ1) is 21.3. The Kier molecular flexibility index (Phi) is 9.14. The van der Waals surface area contributed by atoms with Crippen molar-refractivity contribution in [3.63, 3.8) is 0 Å². The lowest BCUT2D eigenvalue weighted by Crippen LogP contribution is -2.14. The summed E-state index contributed by atoms with van der Waals surface area (Å²) in [5.41, 5.74) is 4.04. The predicted molar refractivity (Wildman–Crippen MR) is 178 cm³/mol. The van der Waals surface area contributed by atoms with E-state index < -0.39 is 4.92 Å². The molecule has 4 aromatic carbocycles. The number of fused-ring (bicyclic) bond motifs is 1. The van der Waals surface area contributed by atoms with E-state index in [9.17, 15) is 14.9 Å². The highest BCUT2D eigenvalue weighted by Crippen LogP contribution is 2.35. The number of carbonyl (C=O) groups excluding carboxylic acids is 1. The summed E-state index contributed by atoms with van der Waals surface area (Å²) in [6, 6.07) is 26.9. The average Bonchev–Trinajstić information content (AvgIpc) is 3.63. The Labute approximate surface area is 273 Å². The van der Waals surface area contributed by atoms with E-state index in [1.165, 1.54) is 35.2 Å². The van der Waals surface area contributed by atoms with E-state index in [4.69, 9.17) is 23.2 Å².